The molecule has 0 spiro atoms. The summed E-state index contributed by atoms with van der Waals surface area (Å²) in [6, 6.07) is 80.1. The minimum atomic E-state index is 0.270. The van der Waals surface area contributed by atoms with Crippen LogP contribution in [0, 0.1) is 6.92 Å². The molecular weight excluding hydrogens is 711 g/mol. The molecule has 0 bridgehead atoms. The second kappa shape index (κ2) is 15.6. The van der Waals surface area contributed by atoms with Crippen molar-refractivity contribution in [3.05, 3.63) is 235 Å². The maximum absolute atomic E-state index is 2.41. The van der Waals surface area contributed by atoms with E-state index in [4.69, 9.17) is 0 Å². The first-order valence-corrected chi connectivity index (χ1v) is 20.8. The lowest BCUT2D eigenvalue weighted by Crippen LogP contribution is -2.03. The van der Waals surface area contributed by atoms with Gasteiger partial charge in [-0.15, -0.1) is 0 Å². The summed E-state index contributed by atoms with van der Waals surface area (Å²) in [6.45, 7) is 4.56. The molecule has 0 fully saturated rings. The van der Waals surface area contributed by atoms with Gasteiger partial charge in [-0.2, -0.15) is 0 Å². The van der Waals surface area contributed by atoms with E-state index in [1.54, 1.807) is 0 Å². The van der Waals surface area contributed by atoms with Crippen LogP contribution in [-0.2, 0) is 0 Å². The molecule has 59 heavy (non-hydrogen) atoms. The highest BCUT2D eigenvalue weighted by Gasteiger charge is 2.19. The van der Waals surface area contributed by atoms with E-state index in [0.29, 0.717) is 0 Å². The molecule has 0 saturated heterocycles. The Labute approximate surface area is 347 Å². The van der Waals surface area contributed by atoms with Gasteiger partial charge in [0.25, 0.3) is 0 Å². The van der Waals surface area contributed by atoms with E-state index in [0.717, 1.165) is 12.1 Å². The van der Waals surface area contributed by atoms with Crippen molar-refractivity contribution in [3.63, 3.8) is 0 Å². The van der Waals surface area contributed by atoms with Gasteiger partial charge in [0.15, 0.2) is 0 Å². The standard InChI is InChI=1S/C58H45N/c1-3-51(46-33-31-45(32-34-46)44-29-27-43(28-30-44)41-15-6-4-7-16-41)52-21-10-11-22-53(52)55-38-48(26-25-40(55)2)49-35-36-58-56(39-49)54-23-12-13-24-57(54)59(58)50-20-14-19-47(37-50)42-17-8-5-9-18-42/h4-39,51H,3H2,1-2H3. The van der Waals surface area contributed by atoms with Crippen LogP contribution in [0.3, 0.4) is 0 Å². The van der Waals surface area contributed by atoms with Crippen LogP contribution < -0.4 is 0 Å². The van der Waals surface area contributed by atoms with Crippen molar-refractivity contribution in [2.24, 2.45) is 0 Å². The quantitative estimate of drug-likeness (QED) is 0.138. The largest absolute Gasteiger partial charge is 0.309 e. The summed E-state index contributed by atoms with van der Waals surface area (Å²) in [5, 5.41) is 2.51. The van der Waals surface area contributed by atoms with Gasteiger partial charge in [0, 0.05) is 22.4 Å². The summed E-state index contributed by atoms with van der Waals surface area (Å²) in [5.41, 5.74) is 20.0. The van der Waals surface area contributed by atoms with Crippen molar-refractivity contribution >= 4 is 21.8 Å². The molecule has 0 N–H and O–H groups in total. The topological polar surface area (TPSA) is 4.93 Å². The predicted molar refractivity (Wildman–Crippen MR) is 251 cm³/mol. The van der Waals surface area contributed by atoms with Gasteiger partial charge in [0.1, 0.15) is 0 Å². The lowest BCUT2D eigenvalue weighted by atomic mass is 9.82. The minimum absolute atomic E-state index is 0.270. The van der Waals surface area contributed by atoms with E-state index in [-0.39, 0.29) is 5.92 Å². The van der Waals surface area contributed by atoms with Crippen molar-refractivity contribution < 1.29 is 0 Å². The number of hydrogen-bond acceptors (Lipinski definition) is 0. The van der Waals surface area contributed by atoms with Crippen LogP contribution in [0.2, 0.25) is 0 Å². The van der Waals surface area contributed by atoms with Crippen LogP contribution in [-0.4, -0.2) is 4.57 Å². The monoisotopic (exact) mass is 755 g/mol. The number of fused-ring (bicyclic) bond motifs is 3. The van der Waals surface area contributed by atoms with Crippen LogP contribution in [0.4, 0.5) is 0 Å². The molecule has 9 aromatic carbocycles. The fraction of sp³-hybridized carbons (Fsp3) is 0.0690. The van der Waals surface area contributed by atoms with Gasteiger partial charge in [-0.3, -0.25) is 0 Å². The molecule has 1 unspecified atom stereocenters. The Kier molecular flexibility index (Phi) is 9.56. The maximum Gasteiger partial charge on any atom is 0.0541 e. The number of benzene rings is 9. The zero-order valence-corrected chi connectivity index (χ0v) is 33.5. The second-order valence-electron chi connectivity index (χ2n) is 15.6. The van der Waals surface area contributed by atoms with E-state index in [1.165, 1.54) is 94.1 Å². The highest BCUT2D eigenvalue weighted by molar-refractivity contribution is 6.10. The van der Waals surface area contributed by atoms with Crippen molar-refractivity contribution in [2.75, 3.05) is 0 Å². The number of hydrogen-bond donors (Lipinski definition) is 0. The normalized spacial score (nSPS) is 11.9. The molecule has 1 aromatic heterocycles. The lowest BCUT2D eigenvalue weighted by Gasteiger charge is -2.22. The average Bonchev–Trinajstić information content (AvgIpc) is 3.64. The van der Waals surface area contributed by atoms with Crippen molar-refractivity contribution in [1.82, 2.24) is 4.57 Å². The van der Waals surface area contributed by atoms with Gasteiger partial charge in [0.05, 0.1) is 11.0 Å². The van der Waals surface area contributed by atoms with Crippen LogP contribution in [0.5, 0.6) is 0 Å². The number of aromatic nitrogens is 1. The molecule has 1 atom stereocenters. The molecule has 0 radical (unpaired) electrons. The van der Waals surface area contributed by atoms with Crippen molar-refractivity contribution in [1.29, 1.82) is 0 Å². The van der Waals surface area contributed by atoms with Crippen LogP contribution >= 0.6 is 0 Å². The Bertz CT molecular complexity index is 3060. The zero-order chi connectivity index (χ0) is 39.7. The predicted octanol–water partition coefficient (Wildman–Crippen LogP) is 16.0. The van der Waals surface area contributed by atoms with E-state index in [9.17, 15) is 0 Å². The molecule has 282 valence electrons. The summed E-state index contributed by atoms with van der Waals surface area (Å²) >= 11 is 0. The molecule has 0 amide bonds. The molecule has 10 rings (SSSR count). The molecule has 0 aliphatic rings. The van der Waals surface area contributed by atoms with E-state index in [1.807, 2.05) is 0 Å². The molecule has 1 heterocycles. The van der Waals surface area contributed by atoms with Gasteiger partial charge in [-0.05, 0) is 122 Å². The molecule has 1 heteroatoms. The fourth-order valence-corrected chi connectivity index (χ4v) is 9.05. The Balaban J connectivity index is 0.988. The summed E-state index contributed by atoms with van der Waals surface area (Å²) in [7, 11) is 0. The first-order valence-electron chi connectivity index (χ1n) is 20.8. The minimum Gasteiger partial charge on any atom is -0.309 e. The molecular formula is C58H45N. The van der Waals surface area contributed by atoms with Gasteiger partial charge in [-0.25, -0.2) is 0 Å². The van der Waals surface area contributed by atoms with Gasteiger partial charge >= 0.3 is 0 Å². The Morgan fingerprint density at radius 3 is 1.59 bits per heavy atom. The van der Waals surface area contributed by atoms with E-state index >= 15 is 0 Å². The number of nitrogens with zero attached hydrogens (tertiary/aromatic N) is 1. The molecule has 0 aliphatic carbocycles. The molecule has 0 saturated carbocycles. The number of aryl methyl sites for hydroxylation is 1. The second-order valence-corrected chi connectivity index (χ2v) is 15.6. The van der Waals surface area contributed by atoms with E-state index < -0.39 is 0 Å². The third kappa shape index (κ3) is 6.85. The summed E-state index contributed by atoms with van der Waals surface area (Å²) in [6.07, 6.45) is 1.01. The van der Waals surface area contributed by atoms with Crippen LogP contribution in [0.1, 0.15) is 36.0 Å². The Morgan fingerprint density at radius 1 is 0.373 bits per heavy atom. The van der Waals surface area contributed by atoms with Gasteiger partial charge < -0.3 is 4.57 Å². The number of para-hydroxylation sites is 1. The maximum atomic E-state index is 2.41. The Hall–Kier alpha value is -7.22. The fourth-order valence-electron chi connectivity index (χ4n) is 9.05. The third-order valence-corrected chi connectivity index (χ3v) is 12.1. The number of rotatable bonds is 9. The summed E-state index contributed by atoms with van der Waals surface area (Å²) in [5.74, 6) is 0.270. The smallest absolute Gasteiger partial charge is 0.0541 e. The highest BCUT2D eigenvalue weighted by atomic mass is 15.0. The highest BCUT2D eigenvalue weighted by Crippen LogP contribution is 2.41. The molecule has 0 aliphatic heterocycles. The van der Waals surface area contributed by atoms with Crippen molar-refractivity contribution in [2.45, 2.75) is 26.2 Å². The molecule has 10 aromatic rings. The van der Waals surface area contributed by atoms with Crippen molar-refractivity contribution in [3.8, 4) is 61.3 Å². The first kappa shape index (κ1) is 36.1. The summed E-state index contributed by atoms with van der Waals surface area (Å²) in [4.78, 5) is 0. The van der Waals surface area contributed by atoms with Crippen LogP contribution in [0.25, 0.3) is 83.1 Å². The summed E-state index contributed by atoms with van der Waals surface area (Å²) < 4.78 is 2.41. The molecule has 1 nitrogen and oxygen atoms in total. The van der Waals surface area contributed by atoms with E-state index in [2.05, 4.69) is 237 Å². The van der Waals surface area contributed by atoms with Gasteiger partial charge in [-0.1, -0.05) is 189 Å². The SMILES string of the molecule is CCC(c1ccc(-c2ccc(-c3ccccc3)cc2)cc1)c1ccccc1-c1cc(-c2ccc3c(c2)c2ccccc2n3-c2cccc(-c3ccccc3)c2)ccc1C. The first-order chi connectivity index (χ1) is 29.1. The third-order valence-electron chi connectivity index (χ3n) is 12.1. The lowest BCUT2D eigenvalue weighted by molar-refractivity contribution is 0.779. The van der Waals surface area contributed by atoms with Crippen LogP contribution in [0.15, 0.2) is 218 Å². The Morgan fingerprint density at radius 2 is 0.881 bits per heavy atom. The zero-order valence-electron chi connectivity index (χ0n) is 33.5. The average molecular weight is 756 g/mol. The van der Waals surface area contributed by atoms with Gasteiger partial charge in [0.2, 0.25) is 0 Å².